The highest BCUT2D eigenvalue weighted by Gasteiger charge is 2.38. The van der Waals surface area contributed by atoms with Crippen molar-refractivity contribution in [3.63, 3.8) is 0 Å². The van der Waals surface area contributed by atoms with Gasteiger partial charge < -0.3 is 24.2 Å². The van der Waals surface area contributed by atoms with E-state index in [1.165, 1.54) is 12.1 Å². The summed E-state index contributed by atoms with van der Waals surface area (Å²) in [5.41, 5.74) is 2.74. The van der Waals surface area contributed by atoms with Crippen LogP contribution in [0.3, 0.4) is 0 Å². The molecule has 1 aliphatic rings. The van der Waals surface area contributed by atoms with Crippen LogP contribution in [0.15, 0.2) is 59.3 Å². The Morgan fingerprint density at radius 3 is 2.16 bits per heavy atom. The topological polar surface area (TPSA) is 96.1 Å². The van der Waals surface area contributed by atoms with Crippen molar-refractivity contribution >= 4 is 17.6 Å². The lowest BCUT2D eigenvalue weighted by Gasteiger charge is -2.36. The summed E-state index contributed by atoms with van der Waals surface area (Å²) < 4.78 is 55.4. The number of benzene rings is 2. The molecule has 37 heavy (non-hydrogen) atoms. The lowest BCUT2D eigenvalue weighted by atomic mass is 10.0. The van der Waals surface area contributed by atoms with Gasteiger partial charge in [0.25, 0.3) is 0 Å². The molecule has 0 bridgehead atoms. The number of halogens is 4. The summed E-state index contributed by atoms with van der Waals surface area (Å²) in [7, 11) is 1.65. The van der Waals surface area contributed by atoms with Gasteiger partial charge in [-0.2, -0.15) is 13.2 Å². The van der Waals surface area contributed by atoms with Crippen LogP contribution in [0.1, 0.15) is 12.0 Å². The molecule has 1 aromatic heterocycles. The Labute approximate surface area is 210 Å². The number of carboxylic acids is 1. The molecule has 198 valence electrons. The molecule has 1 fully saturated rings. The number of aromatic nitrogens is 1. The van der Waals surface area contributed by atoms with Crippen molar-refractivity contribution in [1.82, 2.24) is 10.1 Å². The number of amides is 1. The molecular formula is C25H25F4N3O5. The summed E-state index contributed by atoms with van der Waals surface area (Å²) in [5.74, 6) is -1.51. The van der Waals surface area contributed by atoms with Gasteiger partial charge in [-0.1, -0.05) is 5.16 Å². The van der Waals surface area contributed by atoms with Crippen molar-refractivity contribution in [3.8, 4) is 17.1 Å². The van der Waals surface area contributed by atoms with E-state index in [9.17, 15) is 22.4 Å². The number of hydrogen-bond donors (Lipinski definition) is 1. The Bertz CT molecular complexity index is 1170. The Morgan fingerprint density at radius 2 is 1.62 bits per heavy atom. The van der Waals surface area contributed by atoms with Crippen molar-refractivity contribution in [2.24, 2.45) is 0 Å². The molecule has 1 amide bonds. The SMILES string of the molecule is COc1ccc(N2CCN(C(=O)CCc3cnoc3-c3ccc(F)cc3)CC2)cc1.O=C(O)C(F)(F)F. The molecular weight excluding hydrogens is 498 g/mol. The zero-order valence-corrected chi connectivity index (χ0v) is 19.9. The van der Waals surface area contributed by atoms with Gasteiger partial charge in [0.15, 0.2) is 5.76 Å². The number of methoxy groups -OCH3 is 1. The number of piperazine rings is 1. The smallest absolute Gasteiger partial charge is 0.490 e. The first-order valence-corrected chi connectivity index (χ1v) is 11.2. The van der Waals surface area contributed by atoms with Gasteiger partial charge in [0.1, 0.15) is 11.6 Å². The standard InChI is InChI=1S/C23H24FN3O3.C2HF3O2/c1-29-21-9-7-20(8-10-21)26-12-14-27(15-13-26)22(28)11-4-18-16-25-30-23(18)17-2-5-19(24)6-3-17;3-2(4,5)1(6)7/h2-3,5-10,16H,4,11-15H2,1H3;(H,6,7). The number of carbonyl (C=O) groups excluding carboxylic acids is 1. The second kappa shape index (κ2) is 12.2. The third kappa shape index (κ3) is 7.69. The van der Waals surface area contributed by atoms with Gasteiger partial charge in [-0.3, -0.25) is 4.79 Å². The molecule has 0 radical (unpaired) electrons. The second-order valence-corrected chi connectivity index (χ2v) is 8.06. The minimum Gasteiger partial charge on any atom is -0.497 e. The minimum atomic E-state index is -5.08. The van der Waals surface area contributed by atoms with Gasteiger partial charge in [-0.25, -0.2) is 9.18 Å². The predicted molar refractivity (Wildman–Crippen MR) is 126 cm³/mol. The number of carbonyl (C=O) groups is 2. The fraction of sp³-hybridized carbons (Fsp3) is 0.320. The lowest BCUT2D eigenvalue weighted by Crippen LogP contribution is -2.48. The van der Waals surface area contributed by atoms with E-state index in [0.29, 0.717) is 31.7 Å². The van der Waals surface area contributed by atoms with E-state index in [2.05, 4.69) is 10.1 Å². The summed E-state index contributed by atoms with van der Waals surface area (Å²) in [4.78, 5) is 25.8. The summed E-state index contributed by atoms with van der Waals surface area (Å²) in [6.07, 6.45) is -2.53. The van der Waals surface area contributed by atoms with Gasteiger partial charge in [0.05, 0.1) is 13.3 Å². The van der Waals surface area contributed by atoms with E-state index in [-0.39, 0.29) is 11.7 Å². The minimum absolute atomic E-state index is 0.121. The molecule has 12 heteroatoms. The average Bonchev–Trinajstić information content (AvgIpc) is 3.36. The van der Waals surface area contributed by atoms with Crippen LogP contribution in [0.5, 0.6) is 5.75 Å². The van der Waals surface area contributed by atoms with Gasteiger partial charge in [0.2, 0.25) is 5.91 Å². The Kier molecular flexibility index (Phi) is 9.10. The van der Waals surface area contributed by atoms with E-state index in [0.717, 1.165) is 35.7 Å². The van der Waals surface area contributed by atoms with E-state index >= 15 is 0 Å². The third-order valence-corrected chi connectivity index (χ3v) is 5.67. The van der Waals surface area contributed by atoms with Crippen molar-refractivity contribution in [2.75, 3.05) is 38.2 Å². The predicted octanol–water partition coefficient (Wildman–Crippen LogP) is 4.40. The fourth-order valence-electron chi connectivity index (χ4n) is 3.68. The maximum atomic E-state index is 13.2. The molecule has 4 rings (SSSR count). The highest BCUT2D eigenvalue weighted by molar-refractivity contribution is 5.77. The average molecular weight is 523 g/mol. The molecule has 0 unspecified atom stereocenters. The Hall–Kier alpha value is -4.09. The third-order valence-electron chi connectivity index (χ3n) is 5.67. The molecule has 0 saturated carbocycles. The molecule has 1 saturated heterocycles. The first kappa shape index (κ1) is 27.5. The fourth-order valence-corrected chi connectivity index (χ4v) is 3.68. The summed E-state index contributed by atoms with van der Waals surface area (Å²) >= 11 is 0. The normalized spacial score (nSPS) is 13.5. The van der Waals surface area contributed by atoms with Crippen LogP contribution >= 0.6 is 0 Å². The van der Waals surface area contributed by atoms with E-state index in [1.54, 1.807) is 25.4 Å². The summed E-state index contributed by atoms with van der Waals surface area (Å²) in [5, 5.41) is 11.0. The molecule has 3 aromatic rings. The number of aliphatic carboxylic acids is 1. The lowest BCUT2D eigenvalue weighted by molar-refractivity contribution is -0.192. The zero-order chi connectivity index (χ0) is 27.0. The maximum absolute atomic E-state index is 13.2. The monoisotopic (exact) mass is 523 g/mol. The summed E-state index contributed by atoms with van der Waals surface area (Å²) in [6, 6.07) is 14.1. The Balaban J connectivity index is 0.000000479. The number of carboxylic acid groups (broad SMARTS) is 1. The van der Waals surface area contributed by atoms with E-state index < -0.39 is 12.1 Å². The molecule has 0 atom stereocenters. The largest absolute Gasteiger partial charge is 0.497 e. The molecule has 2 heterocycles. The first-order valence-electron chi connectivity index (χ1n) is 11.2. The van der Waals surface area contributed by atoms with Crippen LogP contribution in [0.25, 0.3) is 11.3 Å². The number of hydrogen-bond acceptors (Lipinski definition) is 6. The Morgan fingerprint density at radius 1 is 1.03 bits per heavy atom. The van der Waals surface area contributed by atoms with Crippen LogP contribution in [0, 0.1) is 5.82 Å². The number of alkyl halides is 3. The summed E-state index contributed by atoms with van der Waals surface area (Å²) in [6.45, 7) is 2.98. The van der Waals surface area contributed by atoms with Crippen LogP contribution in [-0.2, 0) is 16.0 Å². The molecule has 1 N–H and O–H groups in total. The van der Waals surface area contributed by atoms with Crippen LogP contribution < -0.4 is 9.64 Å². The van der Waals surface area contributed by atoms with Crippen LogP contribution in [-0.4, -0.2) is 66.5 Å². The van der Waals surface area contributed by atoms with Gasteiger partial charge in [-0.15, -0.1) is 0 Å². The van der Waals surface area contributed by atoms with Crippen molar-refractivity contribution < 1.29 is 41.5 Å². The van der Waals surface area contributed by atoms with Crippen LogP contribution in [0.2, 0.25) is 0 Å². The number of rotatable bonds is 6. The highest BCUT2D eigenvalue weighted by Crippen LogP contribution is 2.25. The molecule has 8 nitrogen and oxygen atoms in total. The van der Waals surface area contributed by atoms with Gasteiger partial charge in [-0.05, 0) is 55.0 Å². The second-order valence-electron chi connectivity index (χ2n) is 8.06. The first-order chi connectivity index (χ1) is 17.6. The molecule has 1 aliphatic heterocycles. The zero-order valence-electron chi connectivity index (χ0n) is 19.9. The van der Waals surface area contributed by atoms with Crippen molar-refractivity contribution in [2.45, 2.75) is 19.0 Å². The van der Waals surface area contributed by atoms with E-state index in [4.69, 9.17) is 19.2 Å². The molecule has 0 aliphatic carbocycles. The number of anilines is 1. The van der Waals surface area contributed by atoms with Crippen molar-refractivity contribution in [3.05, 3.63) is 66.1 Å². The van der Waals surface area contributed by atoms with Crippen molar-refractivity contribution in [1.29, 1.82) is 0 Å². The maximum Gasteiger partial charge on any atom is 0.490 e. The van der Waals surface area contributed by atoms with Crippen LogP contribution in [0.4, 0.5) is 23.2 Å². The molecule has 2 aromatic carbocycles. The molecule has 0 spiro atoms. The van der Waals surface area contributed by atoms with E-state index in [1.807, 2.05) is 29.2 Å². The van der Waals surface area contributed by atoms with Gasteiger partial charge in [0, 0.05) is 49.4 Å². The quantitative estimate of drug-likeness (QED) is 0.479. The van der Waals surface area contributed by atoms with Gasteiger partial charge >= 0.3 is 12.1 Å². The number of aryl methyl sites for hydroxylation is 1. The number of nitrogens with zero attached hydrogens (tertiary/aromatic N) is 3. The number of ether oxygens (including phenoxy) is 1. The highest BCUT2D eigenvalue weighted by atomic mass is 19.4.